The number of hydrogen-bond donors (Lipinski definition) is 1. The van der Waals surface area contributed by atoms with Gasteiger partial charge in [-0.25, -0.2) is 4.99 Å². The number of nitrogens with one attached hydrogen (secondary N) is 1. The van der Waals surface area contributed by atoms with Crippen molar-refractivity contribution < 1.29 is 19.1 Å². The van der Waals surface area contributed by atoms with E-state index < -0.39 is 23.8 Å². The summed E-state index contributed by atoms with van der Waals surface area (Å²) in [4.78, 5) is 32.6. The van der Waals surface area contributed by atoms with E-state index in [1.807, 2.05) is 43.3 Å². The van der Waals surface area contributed by atoms with Gasteiger partial charge in [0, 0.05) is 13.1 Å². The minimum atomic E-state index is -1.04. The van der Waals surface area contributed by atoms with Gasteiger partial charge in [0.2, 0.25) is 11.9 Å². The van der Waals surface area contributed by atoms with Crippen molar-refractivity contribution in [3.8, 4) is 5.75 Å². The molecule has 0 fully saturated rings. The summed E-state index contributed by atoms with van der Waals surface area (Å²) in [5, 5.41) is 2.85. The highest BCUT2D eigenvalue weighted by Gasteiger charge is 2.42. The fourth-order valence-corrected chi connectivity index (χ4v) is 4.10. The maximum atomic E-state index is 13.1. The van der Waals surface area contributed by atoms with Crippen molar-refractivity contribution in [3.63, 3.8) is 0 Å². The summed E-state index contributed by atoms with van der Waals surface area (Å²) in [6.07, 6.45) is 0.872. The van der Waals surface area contributed by atoms with Gasteiger partial charge in [-0.15, -0.1) is 0 Å². The molecule has 0 saturated heterocycles. The second-order valence-corrected chi connectivity index (χ2v) is 7.56. The number of carbonyl (C=O) groups is 2. The smallest absolute Gasteiger partial charge is 0.321 e. The monoisotopic (exact) mass is 421 g/mol. The van der Waals surface area contributed by atoms with Crippen LogP contribution in [0.1, 0.15) is 36.6 Å². The molecule has 2 aromatic carbocycles. The largest absolute Gasteiger partial charge is 0.494 e. The van der Waals surface area contributed by atoms with Crippen molar-refractivity contribution >= 4 is 17.8 Å². The third-order valence-electron chi connectivity index (χ3n) is 5.58. The van der Waals surface area contributed by atoms with E-state index in [0.29, 0.717) is 24.9 Å². The van der Waals surface area contributed by atoms with Crippen LogP contribution < -0.4 is 10.1 Å². The number of ether oxygens (including phenoxy) is 2. The van der Waals surface area contributed by atoms with Gasteiger partial charge in [-0.05, 0) is 49.1 Å². The van der Waals surface area contributed by atoms with Gasteiger partial charge in [0.1, 0.15) is 11.8 Å². The topological polar surface area (TPSA) is 80.2 Å². The summed E-state index contributed by atoms with van der Waals surface area (Å²) in [6, 6.07) is 15.0. The summed E-state index contributed by atoms with van der Waals surface area (Å²) in [6.45, 7) is 5.76. The molecule has 31 heavy (non-hydrogen) atoms. The molecule has 2 aliphatic heterocycles. The Labute approximate surface area is 182 Å². The highest BCUT2D eigenvalue weighted by Crippen LogP contribution is 2.33. The van der Waals surface area contributed by atoms with Gasteiger partial charge in [-0.1, -0.05) is 36.4 Å². The predicted molar refractivity (Wildman–Crippen MR) is 117 cm³/mol. The Bertz CT molecular complexity index is 1000. The average molecular weight is 421 g/mol. The second-order valence-electron chi connectivity index (χ2n) is 7.56. The molecule has 0 unspecified atom stereocenters. The highest BCUT2D eigenvalue weighted by molar-refractivity contribution is 6.08. The molecular formula is C24H27N3O4. The average Bonchev–Trinajstić information content (AvgIpc) is 2.78. The van der Waals surface area contributed by atoms with E-state index in [4.69, 9.17) is 14.5 Å². The summed E-state index contributed by atoms with van der Waals surface area (Å²) >= 11 is 0. The van der Waals surface area contributed by atoms with E-state index >= 15 is 0 Å². The first-order valence-corrected chi connectivity index (χ1v) is 10.7. The summed E-state index contributed by atoms with van der Waals surface area (Å²) in [7, 11) is 0. The minimum Gasteiger partial charge on any atom is -0.494 e. The number of benzene rings is 2. The van der Waals surface area contributed by atoms with Crippen LogP contribution in [-0.4, -0.2) is 42.5 Å². The number of guanidine groups is 1. The first-order chi connectivity index (χ1) is 15.1. The van der Waals surface area contributed by atoms with Crippen molar-refractivity contribution in [2.24, 2.45) is 10.9 Å². The van der Waals surface area contributed by atoms with Gasteiger partial charge in [0.05, 0.1) is 13.2 Å². The maximum absolute atomic E-state index is 13.1. The fraction of sp³-hybridized carbons (Fsp3) is 0.375. The van der Waals surface area contributed by atoms with Crippen molar-refractivity contribution in [2.75, 3.05) is 19.8 Å². The molecule has 0 aliphatic carbocycles. The Morgan fingerprint density at radius 1 is 1.13 bits per heavy atom. The zero-order chi connectivity index (χ0) is 21.8. The molecule has 0 radical (unpaired) electrons. The molecule has 2 aromatic rings. The lowest BCUT2D eigenvalue weighted by Gasteiger charge is -2.36. The number of hydrogen-bond acceptors (Lipinski definition) is 6. The van der Waals surface area contributed by atoms with Gasteiger partial charge in [-0.2, -0.15) is 0 Å². The normalized spacial score (nSPS) is 20.4. The lowest BCUT2D eigenvalue weighted by atomic mass is 9.91. The third kappa shape index (κ3) is 4.40. The van der Waals surface area contributed by atoms with Crippen molar-refractivity contribution in [1.29, 1.82) is 0 Å². The molecule has 0 bridgehead atoms. The molecule has 0 aromatic heterocycles. The van der Waals surface area contributed by atoms with Crippen LogP contribution in [0.4, 0.5) is 0 Å². The van der Waals surface area contributed by atoms with Crippen molar-refractivity contribution in [1.82, 2.24) is 10.2 Å². The molecule has 7 nitrogen and oxygen atoms in total. The fourth-order valence-electron chi connectivity index (χ4n) is 4.10. The summed E-state index contributed by atoms with van der Waals surface area (Å²) < 4.78 is 10.8. The first kappa shape index (κ1) is 20.9. The minimum absolute atomic E-state index is 0.202. The number of amides is 1. The van der Waals surface area contributed by atoms with Gasteiger partial charge < -0.3 is 14.4 Å². The Kier molecular flexibility index (Phi) is 6.21. The van der Waals surface area contributed by atoms with Gasteiger partial charge in [0.15, 0.2) is 5.92 Å². The van der Waals surface area contributed by atoms with E-state index in [-0.39, 0.29) is 6.61 Å². The number of esters is 1. The van der Waals surface area contributed by atoms with Crippen LogP contribution in [-0.2, 0) is 27.3 Å². The molecule has 0 saturated carbocycles. The van der Waals surface area contributed by atoms with Crippen LogP contribution in [0.5, 0.6) is 5.75 Å². The molecular weight excluding hydrogens is 394 g/mol. The molecule has 2 atom stereocenters. The van der Waals surface area contributed by atoms with Crippen LogP contribution in [0.3, 0.4) is 0 Å². The van der Waals surface area contributed by atoms with Gasteiger partial charge in [-0.3, -0.25) is 14.9 Å². The summed E-state index contributed by atoms with van der Waals surface area (Å²) in [5.74, 6) is -0.838. The molecule has 4 rings (SSSR count). The third-order valence-corrected chi connectivity index (χ3v) is 5.58. The number of rotatable bonds is 5. The molecule has 2 heterocycles. The lowest BCUT2D eigenvalue weighted by molar-refractivity contribution is -0.153. The lowest BCUT2D eigenvalue weighted by Crippen LogP contribution is -2.53. The zero-order valence-corrected chi connectivity index (χ0v) is 17.8. The number of fused-ring (bicyclic) bond motifs is 1. The standard InChI is InChI=1S/C24H27N3O4/c1-3-30-19-11-7-10-17(14-19)21-20(23(29)31-4-2)22(28)26-24(25-21)27-13-12-16-8-5-6-9-18(16)15-27/h5-11,14,20-21H,3-4,12-13,15H2,1-2H3,(H,25,26,28)/t20-,21+/m1/s1. The predicted octanol–water partition coefficient (Wildman–Crippen LogP) is 2.85. The number of aliphatic imine (C=N–C) groups is 1. The van der Waals surface area contributed by atoms with E-state index in [2.05, 4.69) is 22.3 Å². The molecule has 1 amide bonds. The quantitative estimate of drug-likeness (QED) is 0.593. The first-order valence-electron chi connectivity index (χ1n) is 10.7. The van der Waals surface area contributed by atoms with Gasteiger partial charge >= 0.3 is 5.97 Å². The number of nitrogens with zero attached hydrogens (tertiary/aromatic N) is 2. The van der Waals surface area contributed by atoms with E-state index in [9.17, 15) is 9.59 Å². The van der Waals surface area contributed by atoms with Crippen LogP contribution >= 0.6 is 0 Å². The Morgan fingerprint density at radius 2 is 1.94 bits per heavy atom. The molecule has 1 N–H and O–H groups in total. The Balaban J connectivity index is 1.69. The van der Waals surface area contributed by atoms with E-state index in [1.165, 1.54) is 11.1 Å². The molecule has 7 heteroatoms. The van der Waals surface area contributed by atoms with Crippen molar-refractivity contribution in [3.05, 3.63) is 65.2 Å². The van der Waals surface area contributed by atoms with Crippen LogP contribution in [0, 0.1) is 5.92 Å². The second kappa shape index (κ2) is 9.20. The van der Waals surface area contributed by atoms with Crippen LogP contribution in [0.25, 0.3) is 0 Å². The molecule has 0 spiro atoms. The Morgan fingerprint density at radius 3 is 2.71 bits per heavy atom. The van der Waals surface area contributed by atoms with E-state index in [0.717, 1.165) is 18.5 Å². The Hall–Kier alpha value is -3.35. The van der Waals surface area contributed by atoms with Crippen molar-refractivity contribution in [2.45, 2.75) is 32.9 Å². The van der Waals surface area contributed by atoms with Crippen LogP contribution in [0.15, 0.2) is 53.5 Å². The molecule has 2 aliphatic rings. The highest BCUT2D eigenvalue weighted by atomic mass is 16.5. The zero-order valence-electron chi connectivity index (χ0n) is 17.8. The molecule has 162 valence electrons. The van der Waals surface area contributed by atoms with Crippen LogP contribution in [0.2, 0.25) is 0 Å². The number of carbonyl (C=O) groups excluding carboxylic acids is 2. The summed E-state index contributed by atoms with van der Waals surface area (Å²) in [5.41, 5.74) is 3.27. The maximum Gasteiger partial charge on any atom is 0.321 e. The van der Waals surface area contributed by atoms with Gasteiger partial charge in [0.25, 0.3) is 0 Å². The van der Waals surface area contributed by atoms with E-state index in [1.54, 1.807) is 6.92 Å². The SMILES string of the molecule is CCOC(=O)[C@H]1C(=O)NC(N2CCc3ccccc3C2)=N[C@H]1c1cccc(OCC)c1.